The molecule has 1 aromatic carbocycles. The lowest BCUT2D eigenvalue weighted by Gasteiger charge is -2.18. The Kier molecular flexibility index (Phi) is 3.33. The van der Waals surface area contributed by atoms with Crippen molar-refractivity contribution in [2.75, 3.05) is 6.61 Å². The zero-order chi connectivity index (χ0) is 13.1. The van der Waals surface area contributed by atoms with E-state index < -0.39 is 0 Å². The maximum Gasteiger partial charge on any atom is 0.0876 e. The first-order valence-electron chi connectivity index (χ1n) is 6.51. The van der Waals surface area contributed by atoms with Crippen LogP contribution in [0.25, 0.3) is 5.69 Å². The van der Waals surface area contributed by atoms with E-state index in [0.717, 1.165) is 36.3 Å². The van der Waals surface area contributed by atoms with E-state index in [1.54, 1.807) is 6.26 Å². The number of nitrogens with two attached hydrogens (primary N) is 1. The number of aromatic nitrogens is 2. The Morgan fingerprint density at radius 1 is 1.26 bits per heavy atom. The van der Waals surface area contributed by atoms with Gasteiger partial charge in [0.1, 0.15) is 0 Å². The van der Waals surface area contributed by atoms with Gasteiger partial charge in [0.05, 0.1) is 30.8 Å². The fourth-order valence-corrected chi connectivity index (χ4v) is 2.25. The molecule has 3 rings (SSSR count). The molecule has 0 aliphatic carbocycles. The van der Waals surface area contributed by atoms with E-state index in [1.807, 2.05) is 47.4 Å². The van der Waals surface area contributed by atoms with Crippen LogP contribution >= 0.6 is 0 Å². The fourth-order valence-electron chi connectivity index (χ4n) is 2.25. The van der Waals surface area contributed by atoms with Gasteiger partial charge >= 0.3 is 0 Å². The molecule has 0 spiro atoms. The van der Waals surface area contributed by atoms with Crippen LogP contribution in [0.2, 0.25) is 0 Å². The van der Waals surface area contributed by atoms with Crippen LogP contribution in [0.1, 0.15) is 24.4 Å². The van der Waals surface area contributed by atoms with Crippen molar-refractivity contribution in [2.24, 2.45) is 5.73 Å². The standard InChI is InChI=1S/C15H17N3O/c16-15(12-5-4-8-19-11-12)13-9-17-18(10-13)14-6-2-1-3-7-14/h1-3,6-7,9-11,15H,4-5,8,16H2. The molecular formula is C15H17N3O. The van der Waals surface area contributed by atoms with E-state index in [0.29, 0.717) is 0 Å². The lowest BCUT2D eigenvalue weighted by atomic mass is 9.99. The molecule has 0 amide bonds. The second-order valence-corrected chi connectivity index (χ2v) is 4.70. The van der Waals surface area contributed by atoms with Gasteiger partial charge in [-0.2, -0.15) is 5.10 Å². The summed E-state index contributed by atoms with van der Waals surface area (Å²) in [5.74, 6) is 0. The molecule has 1 unspecified atom stereocenters. The molecule has 4 heteroatoms. The number of hydrogen-bond donors (Lipinski definition) is 1. The third kappa shape index (κ3) is 2.53. The predicted octanol–water partition coefficient (Wildman–Crippen LogP) is 2.57. The first kappa shape index (κ1) is 12.0. The summed E-state index contributed by atoms with van der Waals surface area (Å²) in [6.07, 6.45) is 7.64. The lowest BCUT2D eigenvalue weighted by Crippen LogP contribution is -2.15. The zero-order valence-electron chi connectivity index (χ0n) is 10.7. The van der Waals surface area contributed by atoms with E-state index >= 15 is 0 Å². The Hall–Kier alpha value is -2.07. The minimum absolute atomic E-state index is 0.127. The summed E-state index contributed by atoms with van der Waals surface area (Å²) in [6.45, 7) is 0.791. The van der Waals surface area contributed by atoms with Gasteiger partial charge in [0.15, 0.2) is 0 Å². The molecule has 2 N–H and O–H groups in total. The van der Waals surface area contributed by atoms with E-state index in [9.17, 15) is 0 Å². The summed E-state index contributed by atoms with van der Waals surface area (Å²) in [4.78, 5) is 0. The molecule has 19 heavy (non-hydrogen) atoms. The molecule has 1 aliphatic rings. The second-order valence-electron chi connectivity index (χ2n) is 4.70. The van der Waals surface area contributed by atoms with E-state index in [4.69, 9.17) is 10.5 Å². The van der Waals surface area contributed by atoms with Crippen LogP contribution in [-0.2, 0) is 4.74 Å². The third-order valence-corrected chi connectivity index (χ3v) is 3.34. The highest BCUT2D eigenvalue weighted by Crippen LogP contribution is 2.25. The maximum absolute atomic E-state index is 6.26. The van der Waals surface area contributed by atoms with Gasteiger partial charge in [-0.15, -0.1) is 0 Å². The van der Waals surface area contributed by atoms with Crippen molar-refractivity contribution in [2.45, 2.75) is 18.9 Å². The molecule has 1 aliphatic heterocycles. The van der Waals surface area contributed by atoms with Crippen molar-refractivity contribution in [1.82, 2.24) is 9.78 Å². The molecule has 1 atom stereocenters. The van der Waals surface area contributed by atoms with Crippen LogP contribution < -0.4 is 5.73 Å². The third-order valence-electron chi connectivity index (χ3n) is 3.34. The van der Waals surface area contributed by atoms with Crippen LogP contribution in [0.5, 0.6) is 0 Å². The predicted molar refractivity (Wildman–Crippen MR) is 73.8 cm³/mol. The Balaban J connectivity index is 1.83. The fraction of sp³-hybridized carbons (Fsp3) is 0.267. The van der Waals surface area contributed by atoms with Crippen LogP contribution in [0.3, 0.4) is 0 Å². The van der Waals surface area contributed by atoms with E-state index in [1.165, 1.54) is 0 Å². The van der Waals surface area contributed by atoms with Gasteiger partial charge in [-0.1, -0.05) is 18.2 Å². The van der Waals surface area contributed by atoms with Crippen LogP contribution in [0.4, 0.5) is 0 Å². The quantitative estimate of drug-likeness (QED) is 0.917. The highest BCUT2D eigenvalue weighted by atomic mass is 16.5. The lowest BCUT2D eigenvalue weighted by molar-refractivity contribution is 0.221. The number of nitrogens with zero attached hydrogens (tertiary/aromatic N) is 2. The average Bonchev–Trinajstić information content (AvgIpc) is 2.98. The van der Waals surface area contributed by atoms with Gasteiger partial charge in [0.2, 0.25) is 0 Å². The summed E-state index contributed by atoms with van der Waals surface area (Å²) in [6, 6.07) is 9.89. The number of hydrogen-bond acceptors (Lipinski definition) is 3. The van der Waals surface area contributed by atoms with Crippen LogP contribution in [0, 0.1) is 0 Å². The molecular weight excluding hydrogens is 238 g/mol. The molecule has 0 radical (unpaired) electrons. The minimum atomic E-state index is -0.127. The average molecular weight is 255 g/mol. The molecule has 0 fully saturated rings. The smallest absolute Gasteiger partial charge is 0.0876 e. The van der Waals surface area contributed by atoms with Gasteiger partial charge < -0.3 is 10.5 Å². The number of rotatable bonds is 3. The van der Waals surface area contributed by atoms with Crippen LogP contribution in [-0.4, -0.2) is 16.4 Å². The Bertz CT molecular complexity index is 574. The van der Waals surface area contributed by atoms with Gasteiger partial charge in [0, 0.05) is 11.8 Å². The Morgan fingerprint density at radius 3 is 2.84 bits per heavy atom. The topological polar surface area (TPSA) is 53.1 Å². The molecule has 1 aromatic heterocycles. The molecule has 0 saturated carbocycles. The number of benzene rings is 1. The number of para-hydroxylation sites is 1. The maximum atomic E-state index is 6.26. The Morgan fingerprint density at radius 2 is 2.11 bits per heavy atom. The van der Waals surface area contributed by atoms with Crippen molar-refractivity contribution in [1.29, 1.82) is 0 Å². The normalized spacial score (nSPS) is 16.6. The summed E-state index contributed by atoms with van der Waals surface area (Å²) >= 11 is 0. The minimum Gasteiger partial charge on any atom is -0.501 e. The van der Waals surface area contributed by atoms with Gasteiger partial charge in [-0.25, -0.2) is 4.68 Å². The second kappa shape index (κ2) is 5.28. The van der Waals surface area contributed by atoms with Gasteiger partial charge in [-0.05, 0) is 30.5 Å². The van der Waals surface area contributed by atoms with Crippen molar-refractivity contribution in [3.05, 3.63) is 60.1 Å². The zero-order valence-corrected chi connectivity index (χ0v) is 10.7. The first-order chi connectivity index (χ1) is 9.34. The molecule has 98 valence electrons. The molecule has 2 heterocycles. The van der Waals surface area contributed by atoms with Crippen molar-refractivity contribution < 1.29 is 4.74 Å². The van der Waals surface area contributed by atoms with Crippen molar-refractivity contribution in [3.8, 4) is 5.69 Å². The molecule has 2 aromatic rings. The highest BCUT2D eigenvalue weighted by molar-refractivity contribution is 5.33. The first-order valence-corrected chi connectivity index (χ1v) is 6.51. The molecule has 0 saturated heterocycles. The van der Waals surface area contributed by atoms with Gasteiger partial charge in [-0.3, -0.25) is 0 Å². The monoisotopic (exact) mass is 255 g/mol. The summed E-state index contributed by atoms with van der Waals surface area (Å²) in [5, 5.41) is 4.37. The number of ether oxygens (including phenoxy) is 1. The molecule has 0 bridgehead atoms. The van der Waals surface area contributed by atoms with E-state index in [2.05, 4.69) is 5.10 Å². The summed E-state index contributed by atoms with van der Waals surface area (Å²) in [7, 11) is 0. The largest absolute Gasteiger partial charge is 0.501 e. The van der Waals surface area contributed by atoms with E-state index in [-0.39, 0.29) is 6.04 Å². The summed E-state index contributed by atoms with van der Waals surface area (Å²) < 4.78 is 7.19. The van der Waals surface area contributed by atoms with Crippen molar-refractivity contribution >= 4 is 0 Å². The van der Waals surface area contributed by atoms with Gasteiger partial charge in [0.25, 0.3) is 0 Å². The molecule has 4 nitrogen and oxygen atoms in total. The van der Waals surface area contributed by atoms with Crippen molar-refractivity contribution in [3.63, 3.8) is 0 Å². The van der Waals surface area contributed by atoms with Crippen LogP contribution in [0.15, 0.2) is 54.6 Å². The Labute approximate surface area is 112 Å². The summed E-state index contributed by atoms with van der Waals surface area (Å²) in [5.41, 5.74) is 9.45. The highest BCUT2D eigenvalue weighted by Gasteiger charge is 2.16. The SMILES string of the molecule is NC(C1=COCCC1)c1cnn(-c2ccccc2)c1.